The summed E-state index contributed by atoms with van der Waals surface area (Å²) >= 11 is 0. The fourth-order valence-corrected chi connectivity index (χ4v) is 1.56. The van der Waals surface area contributed by atoms with E-state index in [-0.39, 0.29) is 13.2 Å². The van der Waals surface area contributed by atoms with Crippen LogP contribution >= 0.6 is 0 Å². The molecule has 16 heavy (non-hydrogen) atoms. The molecule has 1 fully saturated rings. The van der Waals surface area contributed by atoms with Crippen molar-refractivity contribution in [3.05, 3.63) is 28.4 Å². The van der Waals surface area contributed by atoms with Crippen LogP contribution in [0.15, 0.2) is 18.3 Å². The second kappa shape index (κ2) is 3.19. The predicted octanol–water partition coefficient (Wildman–Crippen LogP) is 2.26. The molecule has 0 spiro atoms. The third kappa shape index (κ3) is 1.48. The maximum absolute atomic E-state index is 10.9. The highest BCUT2D eigenvalue weighted by Crippen LogP contribution is 2.35. The van der Waals surface area contributed by atoms with E-state index in [0.29, 0.717) is 5.75 Å². The number of H-pyrrole nitrogens is 1. The van der Waals surface area contributed by atoms with Crippen LogP contribution in [0, 0.1) is 10.1 Å². The highest BCUT2D eigenvalue weighted by molar-refractivity contribution is 5.83. The molecule has 6 heteroatoms. The van der Waals surface area contributed by atoms with Crippen molar-refractivity contribution in [3.8, 4) is 5.75 Å². The topological polar surface area (TPSA) is 81.0 Å². The zero-order valence-corrected chi connectivity index (χ0v) is 8.34. The zero-order chi connectivity index (χ0) is 11.1. The van der Waals surface area contributed by atoms with E-state index in [1.165, 1.54) is 6.07 Å². The van der Waals surface area contributed by atoms with Crippen LogP contribution in [0.1, 0.15) is 14.3 Å². The summed E-state index contributed by atoms with van der Waals surface area (Å²) in [6.45, 7) is 0. The average molecular weight is 221 g/mol. The number of nitro groups is 1. The van der Waals surface area contributed by atoms with Crippen LogP contribution in [0.4, 0.5) is 5.69 Å². The molecule has 0 atom stereocenters. The number of nitro benzene ring substituents is 1. The van der Waals surface area contributed by atoms with Gasteiger partial charge >= 0.3 is 5.69 Å². The molecular weight excluding hydrogens is 210 g/mol. The number of ether oxygens (including phenoxy) is 1. The molecule has 0 amide bonds. The monoisotopic (exact) mass is 221 g/mol. The molecular formula is C10H11N3O3. The number of hydrogen-bond acceptors (Lipinski definition) is 4. The summed E-state index contributed by atoms with van der Waals surface area (Å²) < 4.78 is 5.51. The number of aromatic amines is 1. The van der Waals surface area contributed by atoms with E-state index in [0.717, 1.165) is 23.7 Å². The van der Waals surface area contributed by atoms with Gasteiger partial charge in [0.25, 0.3) is 0 Å². The van der Waals surface area contributed by atoms with E-state index in [4.69, 9.17) is 4.74 Å². The van der Waals surface area contributed by atoms with Crippen LogP contribution < -0.4 is 4.74 Å². The first-order chi connectivity index (χ1) is 7.74. The number of hydrogen-bond donors (Lipinski definition) is 1. The molecule has 0 unspecified atom stereocenters. The normalized spacial score (nSPS) is 15.2. The first kappa shape index (κ1) is 9.14. The van der Waals surface area contributed by atoms with Gasteiger partial charge in [0.05, 0.1) is 22.7 Å². The summed E-state index contributed by atoms with van der Waals surface area (Å²) in [4.78, 5) is 10.5. The molecule has 1 saturated carbocycles. The van der Waals surface area contributed by atoms with Crippen molar-refractivity contribution in [1.82, 2.24) is 10.2 Å². The number of rotatable bonds is 3. The van der Waals surface area contributed by atoms with E-state index < -0.39 is 4.92 Å². The maximum Gasteiger partial charge on any atom is 0.311 e. The summed E-state index contributed by atoms with van der Waals surface area (Å²) in [7, 11) is 0. The van der Waals surface area contributed by atoms with Crippen LogP contribution in [-0.2, 0) is 0 Å². The van der Waals surface area contributed by atoms with Gasteiger partial charge < -0.3 is 4.74 Å². The van der Waals surface area contributed by atoms with Crippen LogP contribution in [0.2, 0.25) is 0 Å². The Morgan fingerprint density at radius 3 is 3.06 bits per heavy atom. The Labute approximate surface area is 91.9 Å². The Balaban J connectivity index is 0.00000108. The summed E-state index contributed by atoms with van der Waals surface area (Å²) in [5.41, 5.74) is 0.752. The van der Waals surface area contributed by atoms with Gasteiger partial charge in [-0.1, -0.05) is 0 Å². The lowest BCUT2D eigenvalue weighted by Gasteiger charge is -2.04. The molecule has 6 nitrogen and oxygen atoms in total. The number of fused-ring (bicyclic) bond motifs is 1. The standard InChI is InChI=1S/C10H9N3O3.H2/c14-13(15)9-3-6-5-11-12-8(6)4-10(9)16-7-1-2-7;/h3-5,7H,1-2H2,(H,11,12);1H. The molecule has 3 rings (SSSR count). The molecule has 1 aromatic carbocycles. The molecule has 2 aromatic rings. The van der Waals surface area contributed by atoms with E-state index in [2.05, 4.69) is 10.2 Å². The molecule has 0 aliphatic heterocycles. The summed E-state index contributed by atoms with van der Waals surface area (Å²) in [5, 5.41) is 18.2. The van der Waals surface area contributed by atoms with E-state index in [1.807, 2.05) is 0 Å². The fourth-order valence-electron chi connectivity index (χ4n) is 1.56. The Bertz CT molecular complexity index is 565. The molecule has 0 saturated heterocycles. The van der Waals surface area contributed by atoms with Crippen LogP contribution in [0.3, 0.4) is 0 Å². The Morgan fingerprint density at radius 1 is 1.56 bits per heavy atom. The molecule has 1 aromatic heterocycles. The Morgan fingerprint density at radius 2 is 2.38 bits per heavy atom. The van der Waals surface area contributed by atoms with Gasteiger partial charge in [0.2, 0.25) is 0 Å². The van der Waals surface area contributed by atoms with E-state index in [1.54, 1.807) is 12.3 Å². The van der Waals surface area contributed by atoms with Gasteiger partial charge in [-0.25, -0.2) is 0 Å². The summed E-state index contributed by atoms with van der Waals surface area (Å²) in [6, 6.07) is 3.12. The number of benzene rings is 1. The SMILES string of the molecule is O=[N+]([O-])c1cc2cn[nH]c2cc1OC1CC1.[HH]. The summed E-state index contributed by atoms with van der Waals surface area (Å²) in [5.74, 6) is 0.323. The van der Waals surface area contributed by atoms with E-state index in [9.17, 15) is 10.1 Å². The largest absolute Gasteiger partial charge is 0.483 e. The minimum atomic E-state index is -0.426. The van der Waals surface area contributed by atoms with Gasteiger partial charge in [0.1, 0.15) is 0 Å². The molecule has 0 radical (unpaired) electrons. The number of nitrogens with zero attached hydrogens (tertiary/aromatic N) is 2. The Hall–Kier alpha value is -2.11. The van der Waals surface area contributed by atoms with Crippen molar-refractivity contribution in [3.63, 3.8) is 0 Å². The van der Waals surface area contributed by atoms with Crippen LogP contribution in [0.5, 0.6) is 5.75 Å². The van der Waals surface area contributed by atoms with Crippen molar-refractivity contribution in [2.45, 2.75) is 18.9 Å². The van der Waals surface area contributed by atoms with Crippen molar-refractivity contribution < 1.29 is 11.1 Å². The Kier molecular flexibility index (Phi) is 1.82. The molecule has 1 aliphatic carbocycles. The fraction of sp³-hybridized carbons (Fsp3) is 0.300. The second-order valence-electron chi connectivity index (χ2n) is 3.85. The molecule has 1 heterocycles. The highest BCUT2D eigenvalue weighted by atomic mass is 16.6. The van der Waals surface area contributed by atoms with E-state index >= 15 is 0 Å². The number of nitrogens with one attached hydrogen (secondary N) is 1. The lowest BCUT2D eigenvalue weighted by molar-refractivity contribution is -0.385. The lowest BCUT2D eigenvalue weighted by atomic mass is 10.2. The van der Waals surface area contributed by atoms with Gasteiger partial charge in [0.15, 0.2) is 5.75 Å². The minimum absolute atomic E-state index is 0. The van der Waals surface area contributed by atoms with Crippen molar-refractivity contribution >= 4 is 16.6 Å². The van der Waals surface area contributed by atoms with Crippen LogP contribution in [-0.4, -0.2) is 21.2 Å². The quantitative estimate of drug-likeness (QED) is 0.636. The maximum atomic E-state index is 10.9. The molecule has 84 valence electrons. The van der Waals surface area contributed by atoms with Gasteiger partial charge in [0, 0.05) is 18.9 Å². The van der Waals surface area contributed by atoms with Crippen molar-refractivity contribution in [2.24, 2.45) is 0 Å². The third-order valence-electron chi connectivity index (χ3n) is 2.53. The highest BCUT2D eigenvalue weighted by Gasteiger charge is 2.27. The van der Waals surface area contributed by atoms with Gasteiger partial charge in [-0.05, 0) is 12.8 Å². The minimum Gasteiger partial charge on any atom is -0.483 e. The first-order valence-electron chi connectivity index (χ1n) is 5.02. The van der Waals surface area contributed by atoms with Gasteiger partial charge in [-0.3, -0.25) is 15.2 Å². The molecule has 1 N–H and O–H groups in total. The molecule has 1 aliphatic rings. The van der Waals surface area contributed by atoms with Crippen LogP contribution in [0.25, 0.3) is 10.9 Å². The predicted molar refractivity (Wildman–Crippen MR) is 58.5 cm³/mol. The lowest BCUT2D eigenvalue weighted by Crippen LogP contribution is -2.00. The zero-order valence-electron chi connectivity index (χ0n) is 8.34. The van der Waals surface area contributed by atoms with Crippen molar-refractivity contribution in [1.29, 1.82) is 0 Å². The average Bonchev–Trinajstić information content (AvgIpc) is 2.94. The van der Waals surface area contributed by atoms with Gasteiger partial charge in [-0.15, -0.1) is 0 Å². The number of aromatic nitrogens is 2. The summed E-state index contributed by atoms with van der Waals surface area (Å²) in [6.07, 6.45) is 3.64. The smallest absolute Gasteiger partial charge is 0.311 e. The first-order valence-corrected chi connectivity index (χ1v) is 5.02. The van der Waals surface area contributed by atoms with Gasteiger partial charge in [-0.2, -0.15) is 5.10 Å². The second-order valence-corrected chi connectivity index (χ2v) is 3.85. The molecule has 0 bridgehead atoms. The van der Waals surface area contributed by atoms with Crippen molar-refractivity contribution in [2.75, 3.05) is 0 Å². The third-order valence-corrected chi connectivity index (χ3v) is 2.53.